The van der Waals surface area contributed by atoms with Crippen LogP contribution in [0.1, 0.15) is 19.8 Å². The molecule has 1 heterocycles. The van der Waals surface area contributed by atoms with Crippen LogP contribution >= 0.6 is 11.6 Å². The summed E-state index contributed by atoms with van der Waals surface area (Å²) in [5, 5.41) is -0.351. The summed E-state index contributed by atoms with van der Waals surface area (Å²) in [4.78, 5) is 13.5. The molecule has 3 nitrogen and oxygen atoms in total. The molecule has 4 heteroatoms. The van der Waals surface area contributed by atoms with Crippen LogP contribution in [0.15, 0.2) is 0 Å². The molecule has 0 unspecified atom stereocenters. The number of likely N-dealkylation sites (tertiary alicyclic amines) is 1. The zero-order chi connectivity index (χ0) is 10.6. The molecule has 1 amide bonds. The highest BCUT2D eigenvalue weighted by molar-refractivity contribution is 6.30. The lowest BCUT2D eigenvalue weighted by Gasteiger charge is -2.18. The SMILES string of the molecule is CC[C@H](Cl)C(=O)N1CC[C@H](COC)C1. The third-order valence-electron chi connectivity index (χ3n) is 2.63. The minimum absolute atomic E-state index is 0.0766. The largest absolute Gasteiger partial charge is 0.384 e. The number of amides is 1. The standard InChI is InChI=1S/C10H18ClNO2/c1-3-9(11)10(13)12-5-4-8(6-12)7-14-2/h8-9H,3-7H2,1-2H3/t8-,9-/m0/s1. The minimum Gasteiger partial charge on any atom is -0.384 e. The number of hydrogen-bond acceptors (Lipinski definition) is 2. The van der Waals surface area contributed by atoms with Gasteiger partial charge in [-0.1, -0.05) is 6.92 Å². The molecule has 0 aromatic carbocycles. The molecule has 0 aliphatic carbocycles. The van der Waals surface area contributed by atoms with Crippen molar-refractivity contribution in [2.75, 3.05) is 26.8 Å². The Labute approximate surface area is 90.4 Å². The van der Waals surface area contributed by atoms with E-state index in [2.05, 4.69) is 0 Å². The van der Waals surface area contributed by atoms with Gasteiger partial charge in [0, 0.05) is 26.1 Å². The van der Waals surface area contributed by atoms with E-state index in [4.69, 9.17) is 16.3 Å². The van der Waals surface area contributed by atoms with Crippen LogP contribution in [0, 0.1) is 5.92 Å². The summed E-state index contributed by atoms with van der Waals surface area (Å²) < 4.78 is 5.07. The van der Waals surface area contributed by atoms with Crippen LogP contribution < -0.4 is 0 Å². The summed E-state index contributed by atoms with van der Waals surface area (Å²) in [5.41, 5.74) is 0. The smallest absolute Gasteiger partial charge is 0.240 e. The monoisotopic (exact) mass is 219 g/mol. The van der Waals surface area contributed by atoms with E-state index in [1.165, 1.54) is 0 Å². The van der Waals surface area contributed by atoms with Gasteiger partial charge in [0.05, 0.1) is 6.61 Å². The van der Waals surface area contributed by atoms with Gasteiger partial charge in [0.2, 0.25) is 5.91 Å². The molecule has 0 aromatic heterocycles. The van der Waals surface area contributed by atoms with Crippen LogP contribution in [0.2, 0.25) is 0 Å². The first-order valence-corrected chi connectivity index (χ1v) is 5.54. The number of carbonyl (C=O) groups excluding carboxylic acids is 1. The normalized spacial score (nSPS) is 23.9. The van der Waals surface area contributed by atoms with Crippen LogP contribution in [0.3, 0.4) is 0 Å². The van der Waals surface area contributed by atoms with Gasteiger partial charge >= 0.3 is 0 Å². The number of alkyl halides is 1. The molecule has 0 saturated carbocycles. The lowest BCUT2D eigenvalue weighted by atomic mass is 10.1. The number of rotatable bonds is 4. The molecule has 2 atom stereocenters. The van der Waals surface area contributed by atoms with Crippen molar-refractivity contribution in [3.63, 3.8) is 0 Å². The van der Waals surface area contributed by atoms with Gasteiger partial charge in [-0.15, -0.1) is 11.6 Å². The van der Waals surface area contributed by atoms with Gasteiger partial charge in [0.25, 0.3) is 0 Å². The third-order valence-corrected chi connectivity index (χ3v) is 3.12. The molecule has 82 valence electrons. The second kappa shape index (κ2) is 5.56. The Kier molecular flexibility index (Phi) is 4.69. The van der Waals surface area contributed by atoms with Crippen molar-refractivity contribution < 1.29 is 9.53 Å². The molecule has 0 radical (unpaired) electrons. The first-order chi connectivity index (χ1) is 6.69. The molecule has 0 aromatic rings. The van der Waals surface area contributed by atoms with Gasteiger partial charge in [0.15, 0.2) is 0 Å². The number of nitrogens with zero attached hydrogens (tertiary/aromatic N) is 1. The van der Waals surface area contributed by atoms with Crippen molar-refractivity contribution >= 4 is 17.5 Å². The van der Waals surface area contributed by atoms with Gasteiger partial charge in [-0.3, -0.25) is 4.79 Å². The Morgan fingerprint density at radius 2 is 2.43 bits per heavy atom. The third kappa shape index (κ3) is 2.85. The zero-order valence-corrected chi connectivity index (χ0v) is 9.59. The predicted molar refractivity (Wildman–Crippen MR) is 56.5 cm³/mol. The molecule has 1 aliphatic heterocycles. The Morgan fingerprint density at radius 1 is 1.71 bits per heavy atom. The fraction of sp³-hybridized carbons (Fsp3) is 0.900. The maximum Gasteiger partial charge on any atom is 0.240 e. The lowest BCUT2D eigenvalue weighted by Crippen LogP contribution is -2.35. The second-order valence-corrected chi connectivity index (χ2v) is 4.30. The summed E-state index contributed by atoms with van der Waals surface area (Å²) in [5.74, 6) is 0.567. The highest BCUT2D eigenvalue weighted by Crippen LogP contribution is 2.19. The maximum atomic E-state index is 11.7. The van der Waals surface area contributed by atoms with E-state index in [0.29, 0.717) is 12.3 Å². The van der Waals surface area contributed by atoms with Crippen LogP contribution in [0.25, 0.3) is 0 Å². The van der Waals surface area contributed by atoms with Gasteiger partial charge in [0.1, 0.15) is 5.38 Å². The molecule has 1 saturated heterocycles. The van der Waals surface area contributed by atoms with Crippen molar-refractivity contribution in [3.8, 4) is 0 Å². The lowest BCUT2D eigenvalue weighted by molar-refractivity contribution is -0.130. The van der Waals surface area contributed by atoms with Crippen LogP contribution in [0.4, 0.5) is 0 Å². The Morgan fingerprint density at radius 3 is 3.00 bits per heavy atom. The van der Waals surface area contributed by atoms with E-state index in [1.807, 2.05) is 11.8 Å². The zero-order valence-electron chi connectivity index (χ0n) is 8.83. The Balaban J connectivity index is 2.37. The predicted octanol–water partition coefficient (Wildman–Crippen LogP) is 1.50. The maximum absolute atomic E-state index is 11.7. The quantitative estimate of drug-likeness (QED) is 0.671. The van der Waals surface area contributed by atoms with Gasteiger partial charge < -0.3 is 9.64 Å². The Bertz CT molecular complexity index is 199. The van der Waals surface area contributed by atoms with Crippen molar-refractivity contribution in [1.29, 1.82) is 0 Å². The molecule has 1 rings (SSSR count). The average Bonchev–Trinajstić information content (AvgIpc) is 2.64. The van der Waals surface area contributed by atoms with E-state index in [1.54, 1.807) is 7.11 Å². The molecular weight excluding hydrogens is 202 g/mol. The summed E-state index contributed by atoms with van der Waals surface area (Å²) in [7, 11) is 1.70. The van der Waals surface area contributed by atoms with E-state index in [0.717, 1.165) is 26.1 Å². The number of ether oxygens (including phenoxy) is 1. The van der Waals surface area contributed by atoms with Crippen LogP contribution in [0.5, 0.6) is 0 Å². The van der Waals surface area contributed by atoms with Gasteiger partial charge in [-0.05, 0) is 12.8 Å². The number of methoxy groups -OCH3 is 1. The fourth-order valence-corrected chi connectivity index (χ4v) is 1.92. The fourth-order valence-electron chi connectivity index (χ4n) is 1.78. The van der Waals surface area contributed by atoms with Crippen molar-refractivity contribution in [2.24, 2.45) is 5.92 Å². The summed E-state index contributed by atoms with van der Waals surface area (Å²) in [6.45, 7) is 4.30. The summed E-state index contributed by atoms with van der Waals surface area (Å²) in [6.07, 6.45) is 1.73. The summed E-state index contributed by atoms with van der Waals surface area (Å²) in [6, 6.07) is 0. The van der Waals surface area contributed by atoms with Crippen molar-refractivity contribution in [2.45, 2.75) is 25.1 Å². The van der Waals surface area contributed by atoms with Crippen molar-refractivity contribution in [3.05, 3.63) is 0 Å². The number of carbonyl (C=O) groups is 1. The Hall–Kier alpha value is -0.280. The first kappa shape index (κ1) is 11.8. The van der Waals surface area contributed by atoms with Crippen LogP contribution in [-0.4, -0.2) is 43.0 Å². The van der Waals surface area contributed by atoms with Gasteiger partial charge in [-0.2, -0.15) is 0 Å². The molecule has 1 fully saturated rings. The topological polar surface area (TPSA) is 29.5 Å². The van der Waals surface area contributed by atoms with E-state index in [9.17, 15) is 4.79 Å². The molecule has 14 heavy (non-hydrogen) atoms. The van der Waals surface area contributed by atoms with E-state index in [-0.39, 0.29) is 11.3 Å². The number of hydrogen-bond donors (Lipinski definition) is 0. The van der Waals surface area contributed by atoms with Crippen molar-refractivity contribution in [1.82, 2.24) is 4.90 Å². The molecule has 0 bridgehead atoms. The highest BCUT2D eigenvalue weighted by Gasteiger charge is 2.28. The van der Waals surface area contributed by atoms with E-state index >= 15 is 0 Å². The first-order valence-electron chi connectivity index (χ1n) is 5.10. The number of halogens is 1. The van der Waals surface area contributed by atoms with Crippen LogP contribution in [-0.2, 0) is 9.53 Å². The molecule has 1 aliphatic rings. The molecule has 0 spiro atoms. The highest BCUT2D eigenvalue weighted by atomic mass is 35.5. The second-order valence-electron chi connectivity index (χ2n) is 3.77. The molecule has 0 N–H and O–H groups in total. The average molecular weight is 220 g/mol. The van der Waals surface area contributed by atoms with E-state index < -0.39 is 0 Å². The van der Waals surface area contributed by atoms with Gasteiger partial charge in [-0.25, -0.2) is 0 Å². The molecular formula is C10H18ClNO2. The summed E-state index contributed by atoms with van der Waals surface area (Å²) >= 11 is 5.90. The minimum atomic E-state index is -0.351.